The maximum atomic E-state index is 14.4. The number of carbonyl (C=O) groups is 1. The minimum atomic E-state index is -1.07. The number of amides is 1. The van der Waals surface area contributed by atoms with Crippen LogP contribution < -0.4 is 4.90 Å². The molecule has 1 aromatic carbocycles. The quantitative estimate of drug-likeness (QED) is 0.630. The number of oxazole rings is 1. The molecule has 1 aliphatic heterocycles. The summed E-state index contributed by atoms with van der Waals surface area (Å²) in [7, 11) is 0. The first kappa shape index (κ1) is 20.1. The molecule has 0 saturated carbocycles. The highest BCUT2D eigenvalue weighted by molar-refractivity contribution is 5.84. The summed E-state index contributed by atoms with van der Waals surface area (Å²) >= 11 is 0. The van der Waals surface area contributed by atoms with Gasteiger partial charge in [-0.15, -0.1) is 0 Å². The number of aromatic nitrogens is 3. The lowest BCUT2D eigenvalue weighted by atomic mass is 10.2. The normalized spacial score (nSPS) is 17.6. The third-order valence-corrected chi connectivity index (χ3v) is 4.81. The Hall–Kier alpha value is -3.17. The average Bonchev–Trinajstić information content (AvgIpc) is 3.33. The summed E-state index contributed by atoms with van der Waals surface area (Å²) in [5.41, 5.74) is -0.415. The molecule has 0 N–H and O–H groups in total. The van der Waals surface area contributed by atoms with Crippen LogP contribution in [0.5, 0.6) is 0 Å². The molecule has 1 fully saturated rings. The fraction of sp³-hybridized carbons (Fsp3) is 0.450. The van der Waals surface area contributed by atoms with Crippen molar-refractivity contribution in [1.29, 1.82) is 0 Å². The molecule has 10 heteroatoms. The van der Waals surface area contributed by atoms with Crippen molar-refractivity contribution in [2.24, 2.45) is 0 Å². The molecular formula is C20H23F2N5O3. The van der Waals surface area contributed by atoms with Crippen LogP contribution in [-0.2, 0) is 4.74 Å². The number of carbonyl (C=O) groups excluding carboxylic acids is 1. The van der Waals surface area contributed by atoms with E-state index < -0.39 is 17.2 Å². The summed E-state index contributed by atoms with van der Waals surface area (Å²) in [6.45, 7) is 8.53. The largest absolute Gasteiger partial charge is 0.444 e. The van der Waals surface area contributed by atoms with Crippen molar-refractivity contribution in [3.63, 3.8) is 0 Å². The lowest BCUT2D eigenvalue weighted by Gasteiger charge is -2.39. The molecule has 0 spiro atoms. The highest BCUT2D eigenvalue weighted by Gasteiger charge is 2.33. The smallest absolute Gasteiger partial charge is 0.410 e. The van der Waals surface area contributed by atoms with E-state index in [0.29, 0.717) is 19.6 Å². The zero-order chi connectivity index (χ0) is 21.6. The number of piperazine rings is 1. The third kappa shape index (κ3) is 3.69. The Balaban J connectivity index is 1.62. The van der Waals surface area contributed by atoms with Gasteiger partial charge in [-0.1, -0.05) is 0 Å². The van der Waals surface area contributed by atoms with Crippen molar-refractivity contribution in [2.45, 2.75) is 39.3 Å². The molecule has 8 nitrogen and oxygen atoms in total. The molecule has 4 rings (SSSR count). The van der Waals surface area contributed by atoms with E-state index in [4.69, 9.17) is 9.15 Å². The molecule has 30 heavy (non-hydrogen) atoms. The number of anilines is 1. The third-order valence-electron chi connectivity index (χ3n) is 4.81. The van der Waals surface area contributed by atoms with E-state index >= 15 is 0 Å². The van der Waals surface area contributed by atoms with Crippen LogP contribution in [0.25, 0.3) is 16.8 Å². The molecule has 0 aliphatic carbocycles. The van der Waals surface area contributed by atoms with Crippen molar-refractivity contribution >= 4 is 23.2 Å². The van der Waals surface area contributed by atoms with Gasteiger partial charge in [0.05, 0.1) is 0 Å². The Morgan fingerprint density at radius 1 is 1.30 bits per heavy atom. The van der Waals surface area contributed by atoms with E-state index in [-0.39, 0.29) is 34.9 Å². The van der Waals surface area contributed by atoms with Crippen LogP contribution >= 0.6 is 0 Å². The number of nitrogens with zero attached hydrogens (tertiary/aromatic N) is 5. The fourth-order valence-electron chi connectivity index (χ4n) is 3.43. The topological polar surface area (TPSA) is 76.6 Å². The average molecular weight is 419 g/mol. The molecule has 0 bridgehead atoms. The Morgan fingerprint density at radius 3 is 2.70 bits per heavy atom. The molecular weight excluding hydrogens is 396 g/mol. The minimum Gasteiger partial charge on any atom is -0.444 e. The van der Waals surface area contributed by atoms with Gasteiger partial charge >= 0.3 is 6.09 Å². The fourth-order valence-corrected chi connectivity index (χ4v) is 3.43. The van der Waals surface area contributed by atoms with Gasteiger partial charge in [0.15, 0.2) is 22.7 Å². The van der Waals surface area contributed by atoms with Gasteiger partial charge in [0.1, 0.15) is 11.3 Å². The lowest BCUT2D eigenvalue weighted by molar-refractivity contribution is 0.0216. The SMILES string of the molecule is C[C@H]1CN(C(=O)OC(C)(C)C)CCN1c1nc2c(F)c(F)cc(-n3cccn3)c2o1. The van der Waals surface area contributed by atoms with Crippen LogP contribution in [0.4, 0.5) is 19.6 Å². The molecule has 3 heterocycles. The van der Waals surface area contributed by atoms with Crippen LogP contribution in [0, 0.1) is 11.6 Å². The first-order valence-corrected chi connectivity index (χ1v) is 9.67. The maximum absolute atomic E-state index is 14.4. The minimum absolute atomic E-state index is 0.106. The van der Waals surface area contributed by atoms with Gasteiger partial charge in [-0.3, -0.25) is 0 Å². The molecule has 2 aromatic heterocycles. The zero-order valence-electron chi connectivity index (χ0n) is 17.2. The molecule has 1 saturated heterocycles. The van der Waals surface area contributed by atoms with Gasteiger partial charge in [0.25, 0.3) is 6.01 Å². The predicted molar refractivity (Wildman–Crippen MR) is 106 cm³/mol. The second-order valence-electron chi connectivity index (χ2n) is 8.29. The maximum Gasteiger partial charge on any atom is 0.410 e. The second kappa shape index (κ2) is 7.26. The zero-order valence-corrected chi connectivity index (χ0v) is 17.2. The highest BCUT2D eigenvalue weighted by atomic mass is 19.2. The molecule has 0 radical (unpaired) electrons. The molecule has 1 atom stereocenters. The summed E-state index contributed by atoms with van der Waals surface area (Å²) in [5, 5.41) is 4.07. The van der Waals surface area contributed by atoms with Gasteiger partial charge in [-0.05, 0) is 33.8 Å². The summed E-state index contributed by atoms with van der Waals surface area (Å²) in [4.78, 5) is 20.0. The molecule has 3 aromatic rings. The van der Waals surface area contributed by atoms with Crippen molar-refractivity contribution in [3.8, 4) is 5.69 Å². The van der Waals surface area contributed by atoms with E-state index in [1.165, 1.54) is 10.9 Å². The number of rotatable bonds is 2. The van der Waals surface area contributed by atoms with Crippen LogP contribution in [0.2, 0.25) is 0 Å². The van der Waals surface area contributed by atoms with Gasteiger partial charge < -0.3 is 19.0 Å². The van der Waals surface area contributed by atoms with Crippen LogP contribution in [0.3, 0.4) is 0 Å². The summed E-state index contributed by atoms with van der Waals surface area (Å²) in [6.07, 6.45) is 2.75. The van der Waals surface area contributed by atoms with Gasteiger partial charge in [-0.2, -0.15) is 10.1 Å². The van der Waals surface area contributed by atoms with Crippen LogP contribution in [0.1, 0.15) is 27.7 Å². The Kier molecular flexibility index (Phi) is 4.87. The highest BCUT2D eigenvalue weighted by Crippen LogP contribution is 2.32. The summed E-state index contributed by atoms with van der Waals surface area (Å²) in [5.74, 6) is -2.11. The van der Waals surface area contributed by atoms with Crippen molar-refractivity contribution < 1.29 is 22.7 Å². The lowest BCUT2D eigenvalue weighted by Crippen LogP contribution is -2.54. The number of ether oxygens (including phenoxy) is 1. The molecule has 160 valence electrons. The van der Waals surface area contributed by atoms with Gasteiger partial charge in [-0.25, -0.2) is 18.3 Å². The predicted octanol–water partition coefficient (Wildman–Crippen LogP) is 3.74. The van der Waals surface area contributed by atoms with E-state index in [0.717, 1.165) is 6.07 Å². The van der Waals surface area contributed by atoms with E-state index in [9.17, 15) is 13.6 Å². The standard InChI is InChI=1S/C20H23F2N5O3/c1-12-11-25(19(28)30-20(2,3)4)8-9-26(12)18-24-16-15(22)13(21)10-14(17(16)29-18)27-7-5-6-23-27/h5-7,10,12H,8-9,11H2,1-4H3/t12-/m0/s1. The molecule has 1 aliphatic rings. The summed E-state index contributed by atoms with van der Waals surface area (Å²) < 4.78 is 41.2. The summed E-state index contributed by atoms with van der Waals surface area (Å²) in [6, 6.07) is 2.70. The Labute approximate surface area is 172 Å². The van der Waals surface area contributed by atoms with Crippen molar-refractivity contribution in [3.05, 3.63) is 36.2 Å². The van der Waals surface area contributed by atoms with E-state index in [1.807, 2.05) is 32.6 Å². The van der Waals surface area contributed by atoms with E-state index in [2.05, 4.69) is 10.1 Å². The van der Waals surface area contributed by atoms with Crippen LogP contribution in [-0.4, -0.2) is 57.0 Å². The number of halogens is 2. The van der Waals surface area contributed by atoms with E-state index in [1.54, 1.807) is 17.2 Å². The van der Waals surface area contributed by atoms with Gasteiger partial charge in [0, 0.05) is 44.1 Å². The van der Waals surface area contributed by atoms with Crippen molar-refractivity contribution in [1.82, 2.24) is 19.7 Å². The number of hydrogen-bond acceptors (Lipinski definition) is 6. The number of hydrogen-bond donors (Lipinski definition) is 0. The van der Waals surface area contributed by atoms with Crippen LogP contribution in [0.15, 0.2) is 28.9 Å². The second-order valence-corrected chi connectivity index (χ2v) is 8.29. The Bertz CT molecular complexity index is 1070. The first-order valence-electron chi connectivity index (χ1n) is 9.67. The number of benzene rings is 1. The van der Waals surface area contributed by atoms with Gasteiger partial charge in [0.2, 0.25) is 0 Å². The monoisotopic (exact) mass is 419 g/mol. The van der Waals surface area contributed by atoms with Crippen molar-refractivity contribution in [2.75, 3.05) is 24.5 Å². The first-order chi connectivity index (χ1) is 14.1. The number of fused-ring (bicyclic) bond motifs is 1. The molecule has 1 amide bonds. The Morgan fingerprint density at radius 2 is 2.07 bits per heavy atom. The molecule has 0 unspecified atom stereocenters.